The van der Waals surface area contributed by atoms with E-state index < -0.39 is 0 Å². The molecule has 2 rings (SSSR count). The molecule has 0 saturated carbocycles. The van der Waals surface area contributed by atoms with Gasteiger partial charge in [0, 0.05) is 58.9 Å². The Labute approximate surface area is 136 Å². The van der Waals surface area contributed by atoms with Crippen molar-refractivity contribution >= 4 is 5.96 Å². The number of likely N-dealkylation sites (tertiary alicyclic amines) is 1. The van der Waals surface area contributed by atoms with Crippen LogP contribution in [0, 0.1) is 5.92 Å². The molecule has 2 aliphatic heterocycles. The van der Waals surface area contributed by atoms with Gasteiger partial charge in [-0.15, -0.1) is 0 Å². The number of nitrogens with zero attached hydrogens (tertiary/aromatic N) is 4. The third-order valence-corrected chi connectivity index (χ3v) is 4.78. The van der Waals surface area contributed by atoms with Gasteiger partial charge in [0.15, 0.2) is 5.96 Å². The molecule has 0 aromatic carbocycles. The van der Waals surface area contributed by atoms with Gasteiger partial charge in [-0.05, 0) is 32.2 Å². The maximum Gasteiger partial charge on any atom is 0.193 e. The maximum atomic E-state index is 4.89. The molecule has 0 aromatic rings. The van der Waals surface area contributed by atoms with Gasteiger partial charge < -0.3 is 20.0 Å². The largest absolute Gasteiger partial charge is 0.357 e. The predicted octanol–water partition coefficient (Wildman–Crippen LogP) is 1.32. The van der Waals surface area contributed by atoms with Crippen molar-refractivity contribution in [2.75, 3.05) is 65.4 Å². The van der Waals surface area contributed by atoms with Crippen LogP contribution in [0.2, 0.25) is 0 Å². The van der Waals surface area contributed by atoms with Crippen LogP contribution in [0.25, 0.3) is 0 Å². The number of hydrogen-bond donors (Lipinski definition) is 1. The molecule has 2 heterocycles. The summed E-state index contributed by atoms with van der Waals surface area (Å²) >= 11 is 0. The van der Waals surface area contributed by atoms with Gasteiger partial charge in [0.25, 0.3) is 0 Å². The highest BCUT2D eigenvalue weighted by Gasteiger charge is 2.18. The van der Waals surface area contributed by atoms with Gasteiger partial charge in [-0.1, -0.05) is 13.8 Å². The molecule has 2 saturated heterocycles. The highest BCUT2D eigenvalue weighted by Crippen LogP contribution is 2.09. The highest BCUT2D eigenvalue weighted by atomic mass is 15.3. The lowest BCUT2D eigenvalue weighted by molar-refractivity contribution is 0.125. The molecular weight excluding hydrogens is 274 g/mol. The van der Waals surface area contributed by atoms with Crippen LogP contribution in [0.15, 0.2) is 4.99 Å². The van der Waals surface area contributed by atoms with Gasteiger partial charge in [-0.2, -0.15) is 0 Å². The number of hydrogen-bond acceptors (Lipinski definition) is 3. The van der Waals surface area contributed by atoms with Gasteiger partial charge in [0.1, 0.15) is 0 Å². The molecule has 128 valence electrons. The molecule has 0 aliphatic carbocycles. The molecule has 2 fully saturated rings. The van der Waals surface area contributed by atoms with Crippen molar-refractivity contribution in [2.24, 2.45) is 10.9 Å². The Kier molecular flexibility index (Phi) is 7.46. The second-order valence-electron chi connectivity index (χ2n) is 6.73. The van der Waals surface area contributed by atoms with Gasteiger partial charge in [-0.3, -0.25) is 4.99 Å². The fourth-order valence-electron chi connectivity index (χ4n) is 3.38. The van der Waals surface area contributed by atoms with Crippen molar-refractivity contribution in [3.05, 3.63) is 0 Å². The van der Waals surface area contributed by atoms with E-state index in [1.54, 1.807) is 0 Å². The zero-order valence-electron chi connectivity index (χ0n) is 14.9. The summed E-state index contributed by atoms with van der Waals surface area (Å²) < 4.78 is 0. The lowest BCUT2D eigenvalue weighted by Gasteiger charge is -2.35. The van der Waals surface area contributed by atoms with E-state index in [0.717, 1.165) is 19.0 Å². The third-order valence-electron chi connectivity index (χ3n) is 4.78. The molecule has 1 N–H and O–H groups in total. The minimum atomic E-state index is 0.629. The molecule has 1 atom stereocenters. The highest BCUT2D eigenvalue weighted by molar-refractivity contribution is 5.80. The summed E-state index contributed by atoms with van der Waals surface area (Å²) in [6.45, 7) is 18.2. The van der Waals surface area contributed by atoms with Crippen LogP contribution in [0.1, 0.15) is 33.6 Å². The van der Waals surface area contributed by atoms with Crippen LogP contribution < -0.4 is 5.32 Å². The normalized spacial score (nSPS) is 23.0. The van der Waals surface area contributed by atoms with Crippen LogP contribution in [0.5, 0.6) is 0 Å². The van der Waals surface area contributed by atoms with Crippen molar-refractivity contribution in [3.8, 4) is 0 Å². The number of piperazine rings is 1. The molecule has 0 bridgehead atoms. The second-order valence-corrected chi connectivity index (χ2v) is 6.73. The monoisotopic (exact) mass is 309 g/mol. The number of aliphatic imine (C=N–C) groups is 1. The summed E-state index contributed by atoms with van der Waals surface area (Å²) in [5, 5.41) is 3.45. The van der Waals surface area contributed by atoms with Crippen LogP contribution >= 0.6 is 0 Å². The van der Waals surface area contributed by atoms with Gasteiger partial charge in [-0.25, -0.2) is 0 Å². The SMILES string of the molecule is CCNC(=NCC(C)CN1CCN(CC)CC1)N1CCCC1. The lowest BCUT2D eigenvalue weighted by atomic mass is 10.1. The number of guanidine groups is 1. The first-order chi connectivity index (χ1) is 10.7. The van der Waals surface area contributed by atoms with Crippen molar-refractivity contribution in [3.63, 3.8) is 0 Å². The summed E-state index contributed by atoms with van der Waals surface area (Å²) in [5.41, 5.74) is 0. The average Bonchev–Trinajstić information content (AvgIpc) is 3.06. The predicted molar refractivity (Wildman–Crippen MR) is 94.5 cm³/mol. The first-order valence-corrected chi connectivity index (χ1v) is 9.20. The molecule has 22 heavy (non-hydrogen) atoms. The van der Waals surface area contributed by atoms with E-state index in [-0.39, 0.29) is 0 Å². The van der Waals surface area contributed by atoms with Gasteiger partial charge in [0.2, 0.25) is 0 Å². The minimum absolute atomic E-state index is 0.629. The first-order valence-electron chi connectivity index (χ1n) is 9.20. The van der Waals surface area contributed by atoms with E-state index in [1.165, 1.54) is 65.2 Å². The number of likely N-dealkylation sites (N-methyl/N-ethyl adjacent to an activating group) is 1. The number of nitrogens with one attached hydrogen (secondary N) is 1. The summed E-state index contributed by atoms with van der Waals surface area (Å²) in [4.78, 5) is 12.4. The Morgan fingerprint density at radius 2 is 1.64 bits per heavy atom. The minimum Gasteiger partial charge on any atom is -0.357 e. The first kappa shape index (κ1) is 17.5. The number of rotatable bonds is 6. The lowest BCUT2D eigenvalue weighted by Crippen LogP contribution is -2.47. The topological polar surface area (TPSA) is 34.1 Å². The van der Waals surface area contributed by atoms with E-state index >= 15 is 0 Å². The Bertz CT molecular complexity index is 330. The Morgan fingerprint density at radius 1 is 1.00 bits per heavy atom. The summed E-state index contributed by atoms with van der Waals surface area (Å²) in [6, 6.07) is 0. The molecule has 1 unspecified atom stereocenters. The van der Waals surface area contributed by atoms with Crippen LogP contribution in [-0.2, 0) is 0 Å². The molecule has 2 aliphatic rings. The third kappa shape index (κ3) is 5.43. The average molecular weight is 310 g/mol. The van der Waals surface area contributed by atoms with E-state index in [4.69, 9.17) is 4.99 Å². The van der Waals surface area contributed by atoms with Crippen LogP contribution in [0.3, 0.4) is 0 Å². The van der Waals surface area contributed by atoms with E-state index in [9.17, 15) is 0 Å². The Hall–Kier alpha value is -0.810. The quantitative estimate of drug-likeness (QED) is 0.593. The van der Waals surface area contributed by atoms with E-state index in [2.05, 4.69) is 40.8 Å². The van der Waals surface area contributed by atoms with Gasteiger partial charge >= 0.3 is 0 Å². The fraction of sp³-hybridized carbons (Fsp3) is 0.941. The summed E-state index contributed by atoms with van der Waals surface area (Å²) in [7, 11) is 0. The summed E-state index contributed by atoms with van der Waals surface area (Å²) in [6.07, 6.45) is 2.61. The molecule has 5 heteroatoms. The van der Waals surface area contributed by atoms with Crippen LogP contribution in [-0.4, -0.2) is 86.1 Å². The molecular formula is C17H35N5. The summed E-state index contributed by atoms with van der Waals surface area (Å²) in [5.74, 6) is 1.76. The Balaban J connectivity index is 1.75. The van der Waals surface area contributed by atoms with Crippen molar-refractivity contribution in [1.82, 2.24) is 20.0 Å². The van der Waals surface area contributed by atoms with Gasteiger partial charge in [0.05, 0.1) is 0 Å². The molecule has 0 radical (unpaired) electrons. The molecule has 5 nitrogen and oxygen atoms in total. The van der Waals surface area contributed by atoms with Crippen molar-refractivity contribution < 1.29 is 0 Å². The maximum absolute atomic E-state index is 4.89. The van der Waals surface area contributed by atoms with Crippen molar-refractivity contribution in [1.29, 1.82) is 0 Å². The zero-order valence-corrected chi connectivity index (χ0v) is 14.9. The fourth-order valence-corrected chi connectivity index (χ4v) is 3.38. The van der Waals surface area contributed by atoms with Crippen LogP contribution in [0.4, 0.5) is 0 Å². The van der Waals surface area contributed by atoms with E-state index in [1.807, 2.05) is 0 Å². The standard InChI is InChI=1S/C17H35N5/c1-4-18-17(22-8-6-7-9-22)19-14-16(3)15-21-12-10-20(5-2)11-13-21/h16H,4-15H2,1-3H3,(H,18,19). The zero-order chi connectivity index (χ0) is 15.8. The smallest absolute Gasteiger partial charge is 0.193 e. The molecule has 0 spiro atoms. The molecule has 0 amide bonds. The molecule has 0 aromatic heterocycles. The second kappa shape index (κ2) is 9.36. The van der Waals surface area contributed by atoms with E-state index in [0.29, 0.717) is 5.92 Å². The van der Waals surface area contributed by atoms with Crippen molar-refractivity contribution in [2.45, 2.75) is 33.6 Å². The Morgan fingerprint density at radius 3 is 2.23 bits per heavy atom.